The number of unbranched alkanes of at least 4 members (excludes halogenated alkanes) is 3. The van der Waals surface area contributed by atoms with Crippen LogP contribution in [0.3, 0.4) is 0 Å². The van der Waals surface area contributed by atoms with Gasteiger partial charge in [-0.1, -0.05) is 39.5 Å². The van der Waals surface area contributed by atoms with Crippen LogP contribution in [0.5, 0.6) is 0 Å². The molecule has 0 aliphatic heterocycles. The van der Waals surface area contributed by atoms with Gasteiger partial charge < -0.3 is 44.9 Å². The van der Waals surface area contributed by atoms with Crippen molar-refractivity contribution in [1.82, 2.24) is 0 Å². The van der Waals surface area contributed by atoms with Gasteiger partial charge in [0.05, 0.1) is 5.92 Å². The van der Waals surface area contributed by atoms with Crippen molar-refractivity contribution < 1.29 is 79.2 Å². The number of carboxylic acid groups (broad SMARTS) is 1. The van der Waals surface area contributed by atoms with E-state index in [1.807, 2.05) is 0 Å². The van der Waals surface area contributed by atoms with Crippen LogP contribution >= 0.6 is 0 Å². The second-order valence-electron chi connectivity index (χ2n) is 3.09. The van der Waals surface area contributed by atoms with Crippen molar-refractivity contribution in [3.63, 3.8) is 0 Å². The molecule has 0 bridgehead atoms. The Balaban J connectivity index is -0.0000000139. The molecule has 124 valence electrons. The first-order valence-electron chi connectivity index (χ1n) is 4.41. The Bertz CT molecular complexity index is 132. The first-order chi connectivity index (χ1) is 5.18. The third-order valence-corrected chi connectivity index (χ3v) is 1.91. The zero-order chi connectivity index (χ0) is 8.69. The van der Waals surface area contributed by atoms with Crippen molar-refractivity contribution in [1.29, 1.82) is 0 Å². The van der Waals surface area contributed by atoms with Crippen LogP contribution in [-0.4, -0.2) is 49.4 Å². The monoisotopic (exact) mass is 308 g/mol. The van der Waals surface area contributed by atoms with Crippen molar-refractivity contribution in [2.45, 2.75) is 46.0 Å². The molecule has 10 heteroatoms. The SMILES string of the molecule is CCCCCCC(C)C(=O)O.O.O.O.O.O.O.O.[H-].[Na+]. The summed E-state index contributed by atoms with van der Waals surface area (Å²) in [5.74, 6) is -0.826. The Morgan fingerprint density at radius 3 is 1.58 bits per heavy atom. The van der Waals surface area contributed by atoms with E-state index in [1.165, 1.54) is 19.3 Å². The fourth-order valence-corrected chi connectivity index (χ4v) is 1.00. The zero-order valence-corrected chi connectivity index (χ0v) is 14.0. The number of hydrogen-bond acceptors (Lipinski definition) is 1. The molecule has 0 radical (unpaired) electrons. The van der Waals surface area contributed by atoms with Gasteiger partial charge in [0.25, 0.3) is 0 Å². The molecule has 0 amide bonds. The van der Waals surface area contributed by atoms with Crippen molar-refractivity contribution in [2.24, 2.45) is 5.92 Å². The summed E-state index contributed by atoms with van der Waals surface area (Å²) < 4.78 is 0. The first-order valence-corrected chi connectivity index (χ1v) is 4.41. The van der Waals surface area contributed by atoms with E-state index in [0.717, 1.165) is 12.8 Å². The van der Waals surface area contributed by atoms with Gasteiger partial charge in [-0.15, -0.1) is 0 Å². The fourth-order valence-electron chi connectivity index (χ4n) is 1.00. The standard InChI is InChI=1S/C9H18O2.Na.7H2O.H/c1-3-4-5-6-7-8(2)9(10)11;;;;;;;;;/h8H,3-7H2,1-2H3,(H,10,11);;7*1H2;/q;+1;;;;;;;;-1. The van der Waals surface area contributed by atoms with Crippen LogP contribution < -0.4 is 29.6 Å². The van der Waals surface area contributed by atoms with E-state index in [2.05, 4.69) is 6.92 Å². The van der Waals surface area contributed by atoms with Gasteiger partial charge >= 0.3 is 35.5 Å². The Labute approximate surface area is 137 Å². The number of aliphatic carboxylic acids is 1. The zero-order valence-electron chi connectivity index (χ0n) is 13.0. The van der Waals surface area contributed by atoms with Gasteiger partial charge in [0.15, 0.2) is 0 Å². The van der Waals surface area contributed by atoms with E-state index in [1.54, 1.807) is 6.92 Å². The minimum Gasteiger partial charge on any atom is -1.00 e. The minimum atomic E-state index is -0.665. The molecule has 0 heterocycles. The van der Waals surface area contributed by atoms with Crippen LogP contribution in [-0.2, 0) is 4.79 Å². The van der Waals surface area contributed by atoms with Crippen LogP contribution in [0, 0.1) is 5.92 Å². The van der Waals surface area contributed by atoms with Crippen LogP contribution in [0.1, 0.15) is 47.4 Å². The van der Waals surface area contributed by atoms with E-state index < -0.39 is 5.97 Å². The third-order valence-electron chi connectivity index (χ3n) is 1.91. The molecule has 9 nitrogen and oxygen atoms in total. The molecule has 19 heavy (non-hydrogen) atoms. The van der Waals surface area contributed by atoms with Crippen molar-refractivity contribution in [3.8, 4) is 0 Å². The summed E-state index contributed by atoms with van der Waals surface area (Å²) >= 11 is 0. The van der Waals surface area contributed by atoms with E-state index in [9.17, 15) is 4.79 Å². The number of rotatable bonds is 6. The molecule has 15 N–H and O–H groups in total. The third kappa shape index (κ3) is 45.9. The van der Waals surface area contributed by atoms with Crippen molar-refractivity contribution >= 4 is 5.97 Å². The quantitative estimate of drug-likeness (QED) is 0.371. The molecular formula is C9H33NaO9. The molecule has 0 saturated carbocycles. The molecule has 0 aromatic heterocycles. The maximum Gasteiger partial charge on any atom is 1.00 e. The summed E-state index contributed by atoms with van der Waals surface area (Å²) in [6.45, 7) is 3.93. The van der Waals surface area contributed by atoms with E-state index in [-0.39, 0.29) is 75.2 Å². The van der Waals surface area contributed by atoms with Gasteiger partial charge in [0.2, 0.25) is 0 Å². The minimum absolute atomic E-state index is 0. The van der Waals surface area contributed by atoms with Crippen LogP contribution in [0.4, 0.5) is 0 Å². The molecule has 0 aliphatic rings. The molecule has 0 aromatic rings. The Morgan fingerprint density at radius 2 is 1.32 bits per heavy atom. The van der Waals surface area contributed by atoms with Crippen LogP contribution in [0.25, 0.3) is 0 Å². The predicted molar refractivity (Wildman–Crippen MR) is 72.0 cm³/mol. The molecule has 0 saturated heterocycles. The van der Waals surface area contributed by atoms with Crippen LogP contribution in [0.15, 0.2) is 0 Å². The largest absolute Gasteiger partial charge is 1.00 e. The summed E-state index contributed by atoms with van der Waals surface area (Å²) in [5.41, 5.74) is 0. The second kappa shape index (κ2) is 42.9. The number of carbonyl (C=O) groups is 1. The maximum atomic E-state index is 10.4. The summed E-state index contributed by atoms with van der Waals surface area (Å²) in [4.78, 5) is 10.4. The Morgan fingerprint density at radius 1 is 0.947 bits per heavy atom. The molecule has 0 fully saturated rings. The maximum absolute atomic E-state index is 10.4. The van der Waals surface area contributed by atoms with E-state index in [0.29, 0.717) is 0 Å². The normalized spacial score (nSPS) is 7.47. The molecule has 0 spiro atoms. The van der Waals surface area contributed by atoms with Gasteiger partial charge in [0, 0.05) is 0 Å². The summed E-state index contributed by atoms with van der Waals surface area (Å²) in [5, 5.41) is 8.54. The summed E-state index contributed by atoms with van der Waals surface area (Å²) in [6.07, 6.45) is 5.50. The second-order valence-corrected chi connectivity index (χ2v) is 3.09. The van der Waals surface area contributed by atoms with Crippen molar-refractivity contribution in [3.05, 3.63) is 0 Å². The fraction of sp³-hybridized carbons (Fsp3) is 0.889. The molecule has 0 aromatic carbocycles. The van der Waals surface area contributed by atoms with Gasteiger partial charge in [-0.05, 0) is 6.42 Å². The Hall–Kier alpha value is 0.190. The van der Waals surface area contributed by atoms with Crippen LogP contribution in [0.2, 0.25) is 0 Å². The average Bonchev–Trinajstić information content (AvgIpc) is 1.97. The van der Waals surface area contributed by atoms with Gasteiger partial charge in [-0.25, -0.2) is 0 Å². The number of carboxylic acids is 1. The topological polar surface area (TPSA) is 258 Å². The summed E-state index contributed by atoms with van der Waals surface area (Å²) in [7, 11) is 0. The molecular weight excluding hydrogens is 275 g/mol. The van der Waals surface area contributed by atoms with E-state index in [4.69, 9.17) is 5.11 Å². The number of hydrogen-bond donors (Lipinski definition) is 1. The first kappa shape index (κ1) is 61.1. The Kier molecular flexibility index (Phi) is 138. The average molecular weight is 308 g/mol. The molecule has 1 unspecified atom stereocenters. The van der Waals surface area contributed by atoms with Crippen molar-refractivity contribution in [2.75, 3.05) is 0 Å². The predicted octanol–water partition coefficient (Wildman–Crippen LogP) is -5.98. The van der Waals surface area contributed by atoms with E-state index >= 15 is 0 Å². The smallest absolute Gasteiger partial charge is 1.00 e. The molecule has 1 atom stereocenters. The van der Waals surface area contributed by atoms with Gasteiger partial charge in [0.1, 0.15) is 0 Å². The molecule has 0 aliphatic carbocycles. The van der Waals surface area contributed by atoms with Gasteiger partial charge in [-0.3, -0.25) is 4.79 Å². The summed E-state index contributed by atoms with van der Waals surface area (Å²) in [6, 6.07) is 0. The molecule has 0 rings (SSSR count). The van der Waals surface area contributed by atoms with Gasteiger partial charge in [-0.2, -0.15) is 0 Å².